The molecule has 2 fully saturated rings. The largest absolute Gasteiger partial charge is 0.478 e. The van der Waals surface area contributed by atoms with Gasteiger partial charge in [-0.05, 0) is 56.1 Å². The van der Waals surface area contributed by atoms with Crippen molar-refractivity contribution in [1.29, 1.82) is 0 Å². The molecule has 0 saturated heterocycles. The van der Waals surface area contributed by atoms with Gasteiger partial charge in [0.25, 0.3) is 5.91 Å². The summed E-state index contributed by atoms with van der Waals surface area (Å²) in [6.07, 6.45) is 6.49. The third kappa shape index (κ3) is 2.77. The number of hydrogen-bond acceptors (Lipinski definition) is 3. The fourth-order valence-corrected chi connectivity index (χ4v) is 3.98. The molecule has 0 aromatic carbocycles. The molecule has 5 heteroatoms. The van der Waals surface area contributed by atoms with Crippen LogP contribution in [0.5, 0.6) is 0 Å². The Morgan fingerprint density at radius 2 is 2.19 bits per heavy atom. The normalized spacial score (nSPS) is 28.3. The van der Waals surface area contributed by atoms with Crippen molar-refractivity contribution in [3.8, 4) is 0 Å². The van der Waals surface area contributed by atoms with Gasteiger partial charge < -0.3 is 10.4 Å². The van der Waals surface area contributed by atoms with E-state index in [1.807, 2.05) is 6.92 Å². The molecule has 2 aliphatic carbocycles. The van der Waals surface area contributed by atoms with Crippen LogP contribution in [0.2, 0.25) is 0 Å². The number of aromatic nitrogens is 1. The highest BCUT2D eigenvalue weighted by Gasteiger charge is 2.42. The lowest BCUT2D eigenvalue weighted by Gasteiger charge is -2.28. The van der Waals surface area contributed by atoms with Gasteiger partial charge in [-0.3, -0.25) is 9.78 Å². The minimum atomic E-state index is -1.05. The van der Waals surface area contributed by atoms with Gasteiger partial charge >= 0.3 is 5.97 Å². The van der Waals surface area contributed by atoms with E-state index >= 15 is 0 Å². The summed E-state index contributed by atoms with van der Waals surface area (Å²) in [5, 5.41) is 12.0. The van der Waals surface area contributed by atoms with Gasteiger partial charge in [-0.1, -0.05) is 6.42 Å². The van der Waals surface area contributed by atoms with Crippen molar-refractivity contribution in [3.63, 3.8) is 0 Å². The molecule has 1 aromatic rings. The molecule has 1 amide bonds. The summed E-state index contributed by atoms with van der Waals surface area (Å²) in [6, 6.07) is 2.83. The van der Waals surface area contributed by atoms with E-state index in [1.165, 1.54) is 44.0 Å². The first-order valence-corrected chi connectivity index (χ1v) is 7.55. The van der Waals surface area contributed by atoms with Gasteiger partial charge in [-0.15, -0.1) is 0 Å². The highest BCUT2D eigenvalue weighted by Crippen LogP contribution is 2.49. The molecule has 2 bridgehead atoms. The van der Waals surface area contributed by atoms with Gasteiger partial charge in [-0.25, -0.2) is 4.79 Å². The monoisotopic (exact) mass is 288 g/mol. The predicted molar refractivity (Wildman–Crippen MR) is 77.1 cm³/mol. The summed E-state index contributed by atoms with van der Waals surface area (Å²) in [5.74, 6) is 0.799. The molecular formula is C16H20N2O3. The number of nitrogens with one attached hydrogen (secondary N) is 1. The number of carbonyl (C=O) groups excluding carboxylic acids is 1. The molecule has 2 N–H and O–H groups in total. The molecule has 112 valence electrons. The summed E-state index contributed by atoms with van der Waals surface area (Å²) in [5.41, 5.74) is 0.257. The number of hydrogen-bond donors (Lipinski definition) is 2. The van der Waals surface area contributed by atoms with Gasteiger partial charge in [-0.2, -0.15) is 0 Å². The number of carbonyl (C=O) groups is 2. The second-order valence-corrected chi connectivity index (χ2v) is 6.34. The van der Waals surface area contributed by atoms with Gasteiger partial charge in [0.2, 0.25) is 0 Å². The molecule has 21 heavy (non-hydrogen) atoms. The highest BCUT2D eigenvalue weighted by molar-refractivity contribution is 5.95. The fraction of sp³-hybridized carbons (Fsp3) is 0.562. The maximum atomic E-state index is 12.2. The van der Waals surface area contributed by atoms with Crippen LogP contribution in [0.1, 0.15) is 53.5 Å². The average molecular weight is 288 g/mol. The molecule has 0 radical (unpaired) electrons. The zero-order chi connectivity index (χ0) is 15.0. The lowest BCUT2D eigenvalue weighted by atomic mass is 9.84. The van der Waals surface area contributed by atoms with Gasteiger partial charge in [0, 0.05) is 12.2 Å². The van der Waals surface area contributed by atoms with E-state index in [0.29, 0.717) is 5.92 Å². The van der Waals surface area contributed by atoms with Crippen LogP contribution in [0.25, 0.3) is 0 Å². The van der Waals surface area contributed by atoms with E-state index in [2.05, 4.69) is 10.3 Å². The second kappa shape index (κ2) is 5.47. The molecular weight excluding hydrogens is 268 g/mol. The Morgan fingerprint density at radius 1 is 1.38 bits per heavy atom. The van der Waals surface area contributed by atoms with Gasteiger partial charge in [0.05, 0.1) is 5.56 Å². The quantitative estimate of drug-likeness (QED) is 0.891. The molecule has 3 rings (SSSR count). The standard InChI is InChI=1S/C16H20N2O3/c1-9(13-7-10-2-3-11(13)6-10)18-15(19)14-8-12(16(20)21)4-5-17-14/h4-5,8-11,13H,2-3,6-7H2,1H3,(H,18,19)(H,20,21). The Hall–Kier alpha value is -1.91. The van der Waals surface area contributed by atoms with Crippen molar-refractivity contribution in [2.45, 2.75) is 38.6 Å². The van der Waals surface area contributed by atoms with Crippen molar-refractivity contribution < 1.29 is 14.7 Å². The number of amides is 1. The van der Waals surface area contributed by atoms with Crippen LogP contribution in [0.3, 0.4) is 0 Å². The van der Waals surface area contributed by atoms with Gasteiger partial charge in [0.1, 0.15) is 5.69 Å². The van der Waals surface area contributed by atoms with Gasteiger partial charge in [0.15, 0.2) is 0 Å². The number of pyridine rings is 1. The van der Waals surface area contributed by atoms with E-state index in [0.717, 1.165) is 11.8 Å². The zero-order valence-corrected chi connectivity index (χ0v) is 12.1. The first-order chi connectivity index (χ1) is 10.0. The number of carboxylic acid groups (broad SMARTS) is 1. The summed E-state index contributed by atoms with van der Waals surface area (Å²) in [4.78, 5) is 27.1. The average Bonchev–Trinajstić information content (AvgIpc) is 3.10. The van der Waals surface area contributed by atoms with Crippen molar-refractivity contribution in [1.82, 2.24) is 10.3 Å². The highest BCUT2D eigenvalue weighted by atomic mass is 16.4. The first kappa shape index (κ1) is 14.0. The summed E-state index contributed by atoms with van der Waals surface area (Å²) in [6.45, 7) is 2.05. The van der Waals surface area contributed by atoms with E-state index in [4.69, 9.17) is 5.11 Å². The zero-order valence-electron chi connectivity index (χ0n) is 12.1. The molecule has 2 aliphatic rings. The van der Waals surface area contributed by atoms with Crippen molar-refractivity contribution in [2.75, 3.05) is 0 Å². The van der Waals surface area contributed by atoms with E-state index in [9.17, 15) is 9.59 Å². The maximum absolute atomic E-state index is 12.2. The summed E-state index contributed by atoms with van der Waals surface area (Å²) < 4.78 is 0. The Bertz CT molecular complexity index is 572. The summed E-state index contributed by atoms with van der Waals surface area (Å²) >= 11 is 0. The van der Waals surface area contributed by atoms with Crippen LogP contribution in [0.15, 0.2) is 18.3 Å². The number of carboxylic acids is 1. The molecule has 0 spiro atoms. The minimum absolute atomic E-state index is 0.0859. The van der Waals surface area contributed by atoms with Crippen LogP contribution in [0, 0.1) is 17.8 Å². The van der Waals surface area contributed by atoms with Crippen LogP contribution in [-0.4, -0.2) is 28.0 Å². The number of nitrogens with zero attached hydrogens (tertiary/aromatic N) is 1. The third-order valence-electron chi connectivity index (χ3n) is 5.03. The Morgan fingerprint density at radius 3 is 2.81 bits per heavy atom. The number of rotatable bonds is 4. The molecule has 4 atom stereocenters. The minimum Gasteiger partial charge on any atom is -0.478 e. The van der Waals surface area contributed by atoms with E-state index < -0.39 is 5.97 Å². The Kier molecular flexibility index (Phi) is 3.66. The lowest BCUT2D eigenvalue weighted by molar-refractivity contribution is 0.0696. The fourth-order valence-electron chi connectivity index (χ4n) is 3.98. The molecule has 1 aromatic heterocycles. The molecule has 1 heterocycles. The molecule has 2 saturated carbocycles. The molecule has 0 aliphatic heterocycles. The molecule has 5 nitrogen and oxygen atoms in total. The van der Waals surface area contributed by atoms with Crippen LogP contribution < -0.4 is 5.32 Å². The number of aromatic carboxylic acids is 1. The maximum Gasteiger partial charge on any atom is 0.335 e. The van der Waals surface area contributed by atoms with Crippen molar-refractivity contribution >= 4 is 11.9 Å². The SMILES string of the molecule is CC(NC(=O)c1cc(C(=O)O)ccn1)C1CC2CCC1C2. The smallest absolute Gasteiger partial charge is 0.335 e. The number of fused-ring (bicyclic) bond motifs is 2. The second-order valence-electron chi connectivity index (χ2n) is 6.34. The van der Waals surface area contributed by atoms with Crippen LogP contribution in [-0.2, 0) is 0 Å². The lowest BCUT2D eigenvalue weighted by Crippen LogP contribution is -2.40. The van der Waals surface area contributed by atoms with Crippen LogP contribution >= 0.6 is 0 Å². The Balaban J connectivity index is 1.66. The summed E-state index contributed by atoms with van der Waals surface area (Å²) in [7, 11) is 0. The Labute approximate surface area is 123 Å². The first-order valence-electron chi connectivity index (χ1n) is 7.55. The molecule has 4 unspecified atom stereocenters. The third-order valence-corrected chi connectivity index (χ3v) is 5.03. The predicted octanol–water partition coefficient (Wildman–Crippen LogP) is 2.33. The van der Waals surface area contributed by atoms with Crippen molar-refractivity contribution in [3.05, 3.63) is 29.6 Å². The van der Waals surface area contributed by atoms with E-state index in [-0.39, 0.29) is 23.2 Å². The van der Waals surface area contributed by atoms with Crippen molar-refractivity contribution in [2.24, 2.45) is 17.8 Å². The van der Waals surface area contributed by atoms with E-state index in [1.54, 1.807) is 0 Å². The topological polar surface area (TPSA) is 79.3 Å². The van der Waals surface area contributed by atoms with Crippen LogP contribution in [0.4, 0.5) is 0 Å².